The first kappa shape index (κ1) is 52.2. The molecule has 78 heavy (non-hydrogen) atoms. The maximum atomic E-state index is 11.9. The number of urea groups is 1. The zero-order valence-electron chi connectivity index (χ0n) is 41.8. The third-order valence-electron chi connectivity index (χ3n) is 12.2. The number of halogens is 1. The van der Waals surface area contributed by atoms with Crippen LogP contribution in [0, 0.1) is 0 Å². The van der Waals surface area contributed by atoms with E-state index in [4.69, 9.17) is 11.6 Å². The van der Waals surface area contributed by atoms with Crippen LogP contribution in [0.3, 0.4) is 0 Å². The summed E-state index contributed by atoms with van der Waals surface area (Å²) in [6.45, 7) is 0. The summed E-state index contributed by atoms with van der Waals surface area (Å²) in [6.07, 6.45) is 10.5. The molecule has 0 aliphatic heterocycles. The number of thiophene rings is 3. The Hall–Kier alpha value is -9.25. The van der Waals surface area contributed by atoms with E-state index in [0.29, 0.717) is 9.75 Å². The largest absolute Gasteiger partial charge is 0.477 e. The number of carboxylic acid groups (broad SMARTS) is 1. The first-order valence-corrected chi connectivity index (χ1v) is 27.2. The summed E-state index contributed by atoms with van der Waals surface area (Å²) in [4.78, 5) is 49.6. The number of nitrogens with zero attached hydrogens (tertiary/aromatic N) is 4. The Morgan fingerprint density at radius 1 is 0.436 bits per heavy atom. The normalized spacial score (nSPS) is 10.7. The summed E-state index contributed by atoms with van der Waals surface area (Å²) in [5.41, 5.74) is 12.5. The Balaban J connectivity index is 0.000000133. The summed E-state index contributed by atoms with van der Waals surface area (Å²) < 4.78 is 2.79. The zero-order chi connectivity index (χ0) is 54.0. The predicted molar refractivity (Wildman–Crippen MR) is 324 cm³/mol. The number of nitrogens with one attached hydrogen (secondary N) is 4. The summed E-state index contributed by atoms with van der Waals surface area (Å²) in [5.74, 6) is -0.917. The van der Waals surface area contributed by atoms with Crippen LogP contribution < -0.4 is 21.3 Å². The maximum absolute atomic E-state index is 11.9. The number of rotatable bonds is 12. The van der Waals surface area contributed by atoms with E-state index in [1.54, 1.807) is 57.2 Å². The fraction of sp³-hybridized carbons (Fsp3) is 0.0323. The monoisotopic (exact) mass is 1100 g/mol. The highest BCUT2D eigenvalue weighted by molar-refractivity contribution is 7.23. The molecule has 0 radical (unpaired) electrons. The molecule has 0 saturated carbocycles. The lowest BCUT2D eigenvalue weighted by molar-refractivity contribution is 0.0702. The van der Waals surface area contributed by atoms with Crippen molar-refractivity contribution in [1.82, 2.24) is 19.9 Å². The average Bonchev–Trinajstić information content (AvgIpc) is 4.29. The van der Waals surface area contributed by atoms with Gasteiger partial charge < -0.3 is 26.0 Å². The molecule has 12 nitrogen and oxygen atoms in total. The molecule has 2 amide bonds. The van der Waals surface area contributed by atoms with Crippen molar-refractivity contribution in [2.24, 2.45) is 0 Å². The van der Waals surface area contributed by atoms with Crippen molar-refractivity contribution in [2.75, 3.05) is 35.4 Å². The number of carbonyl (C=O) groups excluding carboxylic acids is 2. The van der Waals surface area contributed by atoms with Gasteiger partial charge in [-0.2, -0.15) is 0 Å². The molecule has 5 N–H and O–H groups in total. The van der Waals surface area contributed by atoms with Crippen molar-refractivity contribution in [2.45, 2.75) is 0 Å². The average molecular weight is 1100 g/mol. The van der Waals surface area contributed by atoms with Gasteiger partial charge in [-0.05, 0) is 99.6 Å². The molecule has 0 aliphatic carbocycles. The van der Waals surface area contributed by atoms with E-state index < -0.39 is 11.2 Å². The van der Waals surface area contributed by atoms with Gasteiger partial charge in [-0.3, -0.25) is 25.1 Å². The van der Waals surface area contributed by atoms with Gasteiger partial charge in [0.25, 0.3) is 5.24 Å². The van der Waals surface area contributed by atoms with Crippen molar-refractivity contribution in [3.05, 3.63) is 229 Å². The Morgan fingerprint density at radius 2 is 0.769 bits per heavy atom. The summed E-state index contributed by atoms with van der Waals surface area (Å²) in [6, 6.07) is 60.7. The van der Waals surface area contributed by atoms with Crippen LogP contribution in [0.2, 0.25) is 0 Å². The lowest BCUT2D eigenvalue weighted by Gasteiger charge is -2.10. The first-order valence-electron chi connectivity index (χ1n) is 24.3. The van der Waals surface area contributed by atoms with E-state index in [1.807, 2.05) is 91.1 Å². The highest BCUT2D eigenvalue weighted by Crippen LogP contribution is 2.37. The van der Waals surface area contributed by atoms with E-state index in [1.165, 1.54) is 61.2 Å². The Kier molecular flexibility index (Phi) is 16.2. The van der Waals surface area contributed by atoms with Gasteiger partial charge in [0.15, 0.2) is 0 Å². The number of anilines is 7. The molecule has 0 aliphatic rings. The smallest absolute Gasteiger partial charge is 0.345 e. The SMILES string of the molecule is CN(C)C(=O)Nc1cc2c(Nc3ccc(-c4ccccc4)cc3)cncc2s1.O=C(Cl)c1cc2c(Nc3ccc(-c4ccccc4)cc3)cncc2s1.O=C(O)c1cc2c(Nc3ccc(-c4ccccc4)cc3)cncc2s1. The molecule has 0 bridgehead atoms. The van der Waals surface area contributed by atoms with Crippen molar-refractivity contribution < 1.29 is 19.5 Å². The third kappa shape index (κ3) is 12.7. The van der Waals surface area contributed by atoms with Crippen LogP contribution >= 0.6 is 45.6 Å². The highest BCUT2D eigenvalue weighted by Gasteiger charge is 2.15. The van der Waals surface area contributed by atoms with Gasteiger partial charge in [0.05, 0.1) is 59.6 Å². The quantitative estimate of drug-likeness (QED) is 0.0745. The minimum Gasteiger partial charge on any atom is -0.477 e. The number of hydrogen-bond donors (Lipinski definition) is 5. The number of hydrogen-bond acceptors (Lipinski definition) is 12. The summed E-state index contributed by atoms with van der Waals surface area (Å²) >= 11 is 9.67. The van der Waals surface area contributed by atoms with Gasteiger partial charge >= 0.3 is 12.0 Å². The second-order valence-electron chi connectivity index (χ2n) is 17.7. The Morgan fingerprint density at radius 3 is 1.13 bits per heavy atom. The number of amides is 2. The number of carbonyl (C=O) groups is 3. The highest BCUT2D eigenvalue weighted by atomic mass is 35.5. The summed E-state index contributed by atoms with van der Waals surface area (Å²) in [7, 11) is 3.44. The van der Waals surface area contributed by atoms with Gasteiger partial charge in [-0.1, -0.05) is 127 Å². The number of carboxylic acids is 1. The number of pyridine rings is 3. The fourth-order valence-corrected chi connectivity index (χ4v) is 11.2. The van der Waals surface area contributed by atoms with Crippen LogP contribution in [0.4, 0.5) is 43.9 Å². The molecule has 384 valence electrons. The standard InChI is InChI=1S/C22H20N4OS.C20H13ClN2OS.C20H14N2O2S/c1-26(2)22(27)25-21-12-18-19(13-23-14-20(18)28-21)24-17-10-8-16(9-11-17)15-6-4-3-5-7-15;21-20(24)18-10-16-17(11-22-12-19(16)25-18)23-15-8-6-14(7-9-15)13-4-2-1-3-5-13;23-20(24)18-10-16-17(11-21-12-19(16)25-18)22-15-8-6-14(7-9-15)13-4-2-1-3-5-13/h3-14,24H,1-2H3,(H,25,27);1-12,23H;1-12,22H,(H,23,24). The Bertz CT molecular complexity index is 3850. The van der Waals surface area contributed by atoms with Crippen molar-refractivity contribution in [3.8, 4) is 33.4 Å². The molecule has 0 atom stereocenters. The van der Waals surface area contributed by atoms with Crippen LogP contribution in [0.5, 0.6) is 0 Å². The van der Waals surface area contributed by atoms with Gasteiger partial charge in [0, 0.05) is 65.9 Å². The predicted octanol–water partition coefficient (Wildman–Crippen LogP) is 17.3. The fourth-order valence-electron chi connectivity index (χ4n) is 8.26. The number of benzene rings is 6. The molecule has 0 unspecified atom stereocenters. The molecule has 0 spiro atoms. The lowest BCUT2D eigenvalue weighted by Crippen LogP contribution is -2.26. The molecule has 0 fully saturated rings. The van der Waals surface area contributed by atoms with E-state index in [0.717, 1.165) is 80.5 Å². The maximum Gasteiger partial charge on any atom is 0.345 e. The van der Waals surface area contributed by atoms with Crippen LogP contribution in [-0.2, 0) is 0 Å². The van der Waals surface area contributed by atoms with E-state index in [-0.39, 0.29) is 6.03 Å². The molecule has 0 saturated heterocycles. The van der Waals surface area contributed by atoms with Crippen LogP contribution in [0.15, 0.2) is 219 Å². The van der Waals surface area contributed by atoms with E-state index in [9.17, 15) is 19.5 Å². The second kappa shape index (κ2) is 24.2. The number of aromatic carboxylic acids is 1. The molecule has 16 heteroatoms. The molecule has 12 rings (SSSR count). The lowest BCUT2D eigenvalue weighted by atomic mass is 10.1. The molecule has 6 aromatic carbocycles. The van der Waals surface area contributed by atoms with Crippen molar-refractivity contribution in [1.29, 1.82) is 0 Å². The molecule has 6 aromatic heterocycles. The van der Waals surface area contributed by atoms with Gasteiger partial charge in [-0.15, -0.1) is 34.0 Å². The van der Waals surface area contributed by atoms with Crippen LogP contribution in [0.1, 0.15) is 19.3 Å². The van der Waals surface area contributed by atoms with Crippen molar-refractivity contribution >= 4 is 132 Å². The number of aromatic nitrogens is 3. The minimum absolute atomic E-state index is 0.148. The van der Waals surface area contributed by atoms with Crippen LogP contribution in [-0.4, -0.2) is 56.3 Å². The van der Waals surface area contributed by atoms with Crippen molar-refractivity contribution in [3.63, 3.8) is 0 Å². The van der Waals surface area contributed by atoms with Gasteiger partial charge in [0.2, 0.25) is 0 Å². The van der Waals surface area contributed by atoms with Crippen LogP contribution in [0.25, 0.3) is 63.6 Å². The van der Waals surface area contributed by atoms with Gasteiger partial charge in [-0.25, -0.2) is 9.59 Å². The molecule has 12 aromatic rings. The molecule has 6 heterocycles. The van der Waals surface area contributed by atoms with E-state index >= 15 is 0 Å². The zero-order valence-corrected chi connectivity index (χ0v) is 45.1. The molecular weight excluding hydrogens is 1050 g/mol. The second-order valence-corrected chi connectivity index (χ2v) is 21.3. The third-order valence-corrected chi connectivity index (χ3v) is 15.6. The number of fused-ring (bicyclic) bond motifs is 3. The first-order chi connectivity index (χ1) is 38.0. The summed E-state index contributed by atoms with van der Waals surface area (Å²) in [5, 5.41) is 25.4. The Labute approximate surface area is 466 Å². The van der Waals surface area contributed by atoms with E-state index in [2.05, 4.69) is 121 Å². The molecular formula is C62H47ClN8O4S3. The van der Waals surface area contributed by atoms with Gasteiger partial charge in [0.1, 0.15) is 4.88 Å². The topological polar surface area (TPSA) is 161 Å². The minimum atomic E-state index is -0.917.